The first kappa shape index (κ1) is 8.96. The zero-order chi connectivity index (χ0) is 8.97. The molecule has 0 atom stereocenters. The minimum atomic E-state index is 0.818. The number of tetrazole rings is 1. The van der Waals surface area contributed by atoms with Gasteiger partial charge in [-0.05, 0) is 31.2 Å². The van der Waals surface area contributed by atoms with E-state index in [2.05, 4.69) is 34.3 Å². The first-order valence-electron chi connectivity index (χ1n) is 4.34. The highest BCUT2D eigenvalue weighted by atomic mass is 15.6. The van der Waals surface area contributed by atoms with E-state index in [1.807, 2.05) is 6.92 Å². The summed E-state index contributed by atoms with van der Waals surface area (Å²) < 4.78 is 1.80. The highest BCUT2D eigenvalue weighted by Gasteiger charge is 2.09. The van der Waals surface area contributed by atoms with Crippen LogP contribution in [0.5, 0.6) is 0 Å². The molecule has 1 heterocycles. The van der Waals surface area contributed by atoms with Gasteiger partial charge in [0.05, 0.1) is 0 Å². The van der Waals surface area contributed by atoms with Crippen molar-refractivity contribution >= 4 is 5.95 Å². The van der Waals surface area contributed by atoms with Crippen LogP contribution >= 0.6 is 0 Å². The van der Waals surface area contributed by atoms with Gasteiger partial charge in [-0.1, -0.05) is 5.10 Å². The molecule has 0 fully saturated rings. The van der Waals surface area contributed by atoms with Crippen LogP contribution in [0.4, 0.5) is 5.95 Å². The largest absolute Gasteiger partial charge is 0.340 e. The molecule has 5 heteroatoms. The number of hydrogen-bond acceptors (Lipinski definition) is 4. The maximum atomic E-state index is 3.96. The number of aromatic nitrogens is 4. The average Bonchev–Trinajstić information content (AvgIpc) is 2.55. The summed E-state index contributed by atoms with van der Waals surface area (Å²) in [6.45, 7) is 8.92. The van der Waals surface area contributed by atoms with Gasteiger partial charge >= 0.3 is 0 Å². The molecule has 0 aliphatic heterocycles. The minimum Gasteiger partial charge on any atom is -0.340 e. The normalized spacial score (nSPS) is 10.2. The van der Waals surface area contributed by atoms with E-state index in [4.69, 9.17) is 0 Å². The Morgan fingerprint density at radius 1 is 1.25 bits per heavy atom. The van der Waals surface area contributed by atoms with E-state index in [1.165, 1.54) is 0 Å². The second kappa shape index (κ2) is 4.04. The highest BCUT2D eigenvalue weighted by molar-refractivity contribution is 5.26. The molecule has 5 nitrogen and oxygen atoms in total. The molecule has 0 aliphatic rings. The Labute approximate surface area is 72.4 Å². The molecule has 1 aromatic heterocycles. The van der Waals surface area contributed by atoms with Gasteiger partial charge in [0.15, 0.2) is 0 Å². The summed E-state index contributed by atoms with van der Waals surface area (Å²) in [4.78, 5) is 2.13. The van der Waals surface area contributed by atoms with E-state index < -0.39 is 0 Å². The molecular formula is C7H15N5. The lowest BCUT2D eigenvalue weighted by Crippen LogP contribution is -2.25. The van der Waals surface area contributed by atoms with Crippen LogP contribution in [0.25, 0.3) is 0 Å². The van der Waals surface area contributed by atoms with Gasteiger partial charge in [-0.2, -0.15) is 0 Å². The van der Waals surface area contributed by atoms with Crippen molar-refractivity contribution < 1.29 is 0 Å². The molecule has 0 saturated heterocycles. The van der Waals surface area contributed by atoms with E-state index in [1.54, 1.807) is 4.68 Å². The zero-order valence-corrected chi connectivity index (χ0v) is 7.86. The Morgan fingerprint density at radius 3 is 2.42 bits per heavy atom. The quantitative estimate of drug-likeness (QED) is 0.660. The summed E-state index contributed by atoms with van der Waals surface area (Å²) in [5.41, 5.74) is 0. The number of hydrogen-bond donors (Lipinski definition) is 0. The summed E-state index contributed by atoms with van der Waals surface area (Å²) in [7, 11) is 0. The van der Waals surface area contributed by atoms with Gasteiger partial charge in [-0.15, -0.1) is 0 Å². The summed E-state index contributed by atoms with van der Waals surface area (Å²) in [6.07, 6.45) is 0. The summed E-state index contributed by atoms with van der Waals surface area (Å²) in [6, 6.07) is 0. The molecular weight excluding hydrogens is 154 g/mol. The molecule has 0 amide bonds. The van der Waals surface area contributed by atoms with Crippen LogP contribution in [0.15, 0.2) is 0 Å². The van der Waals surface area contributed by atoms with E-state index in [-0.39, 0.29) is 0 Å². The molecule has 0 unspecified atom stereocenters. The van der Waals surface area contributed by atoms with Crippen LogP contribution in [0.2, 0.25) is 0 Å². The Kier molecular flexibility index (Phi) is 3.01. The van der Waals surface area contributed by atoms with Crippen molar-refractivity contribution in [2.24, 2.45) is 0 Å². The predicted molar refractivity (Wildman–Crippen MR) is 47.1 cm³/mol. The highest BCUT2D eigenvalue weighted by Crippen LogP contribution is 2.06. The molecule has 0 aromatic carbocycles. The van der Waals surface area contributed by atoms with E-state index >= 15 is 0 Å². The van der Waals surface area contributed by atoms with Crippen LogP contribution in [0.3, 0.4) is 0 Å². The fraction of sp³-hybridized carbons (Fsp3) is 0.857. The third-order valence-electron chi connectivity index (χ3n) is 1.86. The molecule has 68 valence electrons. The molecule has 0 radical (unpaired) electrons. The Morgan fingerprint density at radius 2 is 1.92 bits per heavy atom. The first-order valence-corrected chi connectivity index (χ1v) is 4.34. The van der Waals surface area contributed by atoms with Crippen molar-refractivity contribution in [2.75, 3.05) is 18.0 Å². The predicted octanol–water partition coefficient (Wildman–Crippen LogP) is 0.539. The molecule has 0 aliphatic carbocycles. The van der Waals surface area contributed by atoms with Gasteiger partial charge in [-0.25, -0.2) is 4.68 Å². The SMILES string of the molecule is CCN(CC)c1nnnn1CC. The fourth-order valence-electron chi connectivity index (χ4n) is 1.14. The molecule has 0 saturated carbocycles. The third-order valence-corrected chi connectivity index (χ3v) is 1.86. The van der Waals surface area contributed by atoms with Gasteiger partial charge < -0.3 is 4.90 Å². The molecule has 0 N–H and O–H groups in total. The smallest absolute Gasteiger partial charge is 0.245 e. The van der Waals surface area contributed by atoms with Gasteiger partial charge in [0.25, 0.3) is 0 Å². The van der Waals surface area contributed by atoms with Gasteiger partial charge in [0, 0.05) is 19.6 Å². The van der Waals surface area contributed by atoms with E-state index in [0.717, 1.165) is 25.6 Å². The van der Waals surface area contributed by atoms with Crippen LogP contribution in [-0.2, 0) is 6.54 Å². The molecule has 1 aromatic rings. The Hall–Kier alpha value is -1.13. The lowest BCUT2D eigenvalue weighted by Gasteiger charge is -2.17. The maximum Gasteiger partial charge on any atom is 0.245 e. The molecule has 1 rings (SSSR count). The fourth-order valence-corrected chi connectivity index (χ4v) is 1.14. The Balaban J connectivity index is 2.83. The van der Waals surface area contributed by atoms with Crippen LogP contribution in [-0.4, -0.2) is 33.3 Å². The molecule has 12 heavy (non-hydrogen) atoms. The van der Waals surface area contributed by atoms with E-state index in [9.17, 15) is 0 Å². The summed E-state index contributed by atoms with van der Waals surface area (Å²) in [5, 5.41) is 11.5. The van der Waals surface area contributed by atoms with Crippen molar-refractivity contribution in [3.63, 3.8) is 0 Å². The molecule has 0 spiro atoms. The van der Waals surface area contributed by atoms with Crippen molar-refractivity contribution in [2.45, 2.75) is 27.3 Å². The lowest BCUT2D eigenvalue weighted by atomic mass is 10.5. The summed E-state index contributed by atoms with van der Waals surface area (Å²) >= 11 is 0. The third kappa shape index (κ3) is 1.54. The Bertz CT molecular complexity index is 227. The van der Waals surface area contributed by atoms with Crippen molar-refractivity contribution in [3.8, 4) is 0 Å². The van der Waals surface area contributed by atoms with Crippen LogP contribution < -0.4 is 4.90 Å². The van der Waals surface area contributed by atoms with Crippen molar-refractivity contribution in [3.05, 3.63) is 0 Å². The lowest BCUT2D eigenvalue weighted by molar-refractivity contribution is 0.614. The zero-order valence-electron chi connectivity index (χ0n) is 7.86. The number of anilines is 1. The van der Waals surface area contributed by atoms with Crippen molar-refractivity contribution in [1.29, 1.82) is 0 Å². The van der Waals surface area contributed by atoms with Crippen LogP contribution in [0, 0.1) is 0 Å². The van der Waals surface area contributed by atoms with E-state index in [0.29, 0.717) is 0 Å². The van der Waals surface area contributed by atoms with Crippen LogP contribution in [0.1, 0.15) is 20.8 Å². The second-order valence-corrected chi connectivity index (χ2v) is 2.47. The van der Waals surface area contributed by atoms with Gasteiger partial charge in [0.2, 0.25) is 5.95 Å². The van der Waals surface area contributed by atoms with Gasteiger partial charge in [0.1, 0.15) is 0 Å². The second-order valence-electron chi connectivity index (χ2n) is 2.47. The van der Waals surface area contributed by atoms with Gasteiger partial charge in [-0.3, -0.25) is 0 Å². The number of aryl methyl sites for hydroxylation is 1. The topological polar surface area (TPSA) is 46.8 Å². The number of nitrogens with zero attached hydrogens (tertiary/aromatic N) is 5. The average molecular weight is 169 g/mol. The standard InChI is InChI=1S/C7H15N5/c1-4-11(5-2)7-8-9-10-12(7)6-3/h4-6H2,1-3H3. The first-order chi connectivity index (χ1) is 5.83. The van der Waals surface area contributed by atoms with Crippen molar-refractivity contribution in [1.82, 2.24) is 20.2 Å². The maximum absolute atomic E-state index is 3.96. The monoisotopic (exact) mass is 169 g/mol. The molecule has 0 bridgehead atoms. The summed E-state index contributed by atoms with van der Waals surface area (Å²) in [5.74, 6) is 0.863. The minimum absolute atomic E-state index is 0.818. The number of rotatable bonds is 4.